The molecule has 3 aromatic rings. The van der Waals surface area contributed by atoms with Crippen molar-refractivity contribution in [1.29, 1.82) is 0 Å². The minimum atomic E-state index is -4.05. The van der Waals surface area contributed by atoms with E-state index in [4.69, 9.17) is 21.1 Å². The molecule has 2 aliphatic heterocycles. The number of aryl methyl sites for hydroxylation is 1. The lowest BCUT2D eigenvalue weighted by molar-refractivity contribution is -0.179. The van der Waals surface area contributed by atoms with E-state index in [-0.39, 0.29) is 16.9 Å². The molecule has 0 unspecified atom stereocenters. The third-order valence-corrected chi connectivity index (χ3v) is 9.57. The first-order valence-corrected chi connectivity index (χ1v) is 15.2. The molecule has 3 aromatic carbocycles. The van der Waals surface area contributed by atoms with Crippen molar-refractivity contribution in [2.24, 2.45) is 11.8 Å². The number of hydrogen-bond donors (Lipinski definition) is 1. The van der Waals surface area contributed by atoms with Gasteiger partial charge < -0.3 is 9.47 Å². The minimum Gasteiger partial charge on any atom is -0.487 e. The fraction of sp³-hybridized carbons (Fsp3) is 0.345. The molecule has 0 bridgehead atoms. The first-order valence-electron chi connectivity index (χ1n) is 12.5. The summed E-state index contributed by atoms with van der Waals surface area (Å²) in [5.41, 5.74) is 1.34. The van der Waals surface area contributed by atoms with Gasteiger partial charge in [0.15, 0.2) is 0 Å². The summed E-state index contributed by atoms with van der Waals surface area (Å²) >= 11 is 9.64. The van der Waals surface area contributed by atoms with Gasteiger partial charge in [-0.1, -0.05) is 57.9 Å². The normalized spacial score (nSPS) is 24.0. The zero-order valence-corrected chi connectivity index (χ0v) is 24.2. The van der Waals surface area contributed by atoms with Gasteiger partial charge in [-0.2, -0.15) is 0 Å². The standard InChI is InChI=1S/C29H29BrClNO5S/c1-29(2)24-17-23(28(33)32-38(34,35)21-12-9-19(30)10-13-21)25(14-8-18-6-4-3-5-7-18)36-27(24)22-16-20(31)11-15-26(22)37-29/h3-7,9-13,15-16,23-25,27H,8,14,17H2,1-2H3,(H,32,33)/t23-,24-,25-,27+/m0/s1. The Morgan fingerprint density at radius 1 is 1.08 bits per heavy atom. The van der Waals surface area contributed by atoms with Crippen LogP contribution in [0.5, 0.6) is 5.75 Å². The molecule has 1 fully saturated rings. The number of fused-ring (bicyclic) bond motifs is 3. The summed E-state index contributed by atoms with van der Waals surface area (Å²) < 4.78 is 42.2. The highest BCUT2D eigenvalue weighted by molar-refractivity contribution is 9.10. The van der Waals surface area contributed by atoms with Crippen molar-refractivity contribution in [2.75, 3.05) is 0 Å². The third-order valence-electron chi connectivity index (χ3n) is 7.44. The zero-order chi connectivity index (χ0) is 27.1. The highest BCUT2D eigenvalue weighted by atomic mass is 79.9. The zero-order valence-electron chi connectivity index (χ0n) is 21.1. The maximum absolute atomic E-state index is 13.6. The molecule has 1 N–H and O–H groups in total. The predicted octanol–water partition coefficient (Wildman–Crippen LogP) is 6.47. The molecule has 200 valence electrons. The lowest BCUT2D eigenvalue weighted by Gasteiger charge is -2.50. The van der Waals surface area contributed by atoms with Crippen molar-refractivity contribution in [3.63, 3.8) is 0 Å². The van der Waals surface area contributed by atoms with E-state index in [0.717, 1.165) is 15.6 Å². The fourth-order valence-corrected chi connectivity index (χ4v) is 6.91. The van der Waals surface area contributed by atoms with Gasteiger partial charge in [-0.25, -0.2) is 13.1 Å². The Bertz CT molecular complexity index is 1430. The molecule has 0 aliphatic carbocycles. The first-order chi connectivity index (χ1) is 18.0. The van der Waals surface area contributed by atoms with Crippen LogP contribution in [0.4, 0.5) is 0 Å². The van der Waals surface area contributed by atoms with Gasteiger partial charge in [-0.15, -0.1) is 0 Å². The second-order valence-electron chi connectivity index (χ2n) is 10.4. The van der Waals surface area contributed by atoms with Crippen LogP contribution in [0.2, 0.25) is 5.02 Å². The van der Waals surface area contributed by atoms with Crippen molar-refractivity contribution < 1.29 is 22.7 Å². The lowest BCUT2D eigenvalue weighted by Crippen LogP contribution is -2.54. The highest BCUT2D eigenvalue weighted by Gasteiger charge is 2.52. The van der Waals surface area contributed by atoms with E-state index in [2.05, 4.69) is 20.7 Å². The van der Waals surface area contributed by atoms with Crippen molar-refractivity contribution in [1.82, 2.24) is 4.72 Å². The van der Waals surface area contributed by atoms with Gasteiger partial charge in [0.1, 0.15) is 11.4 Å². The number of halogens is 2. The van der Waals surface area contributed by atoms with Gasteiger partial charge in [0, 0.05) is 21.0 Å². The molecule has 6 nitrogen and oxygen atoms in total. The Morgan fingerprint density at radius 2 is 1.79 bits per heavy atom. The van der Waals surface area contributed by atoms with Crippen LogP contribution in [-0.2, 0) is 26.0 Å². The number of ether oxygens (including phenoxy) is 2. The van der Waals surface area contributed by atoms with Crippen LogP contribution in [0.25, 0.3) is 0 Å². The summed E-state index contributed by atoms with van der Waals surface area (Å²) in [5.74, 6) is -0.735. The number of hydrogen-bond acceptors (Lipinski definition) is 5. The molecule has 1 saturated heterocycles. The molecule has 38 heavy (non-hydrogen) atoms. The molecule has 5 rings (SSSR count). The Kier molecular flexibility index (Phi) is 7.61. The molecule has 9 heteroatoms. The summed E-state index contributed by atoms with van der Waals surface area (Å²) in [6, 6.07) is 21.6. The fourth-order valence-electron chi connectivity index (χ4n) is 5.44. The summed E-state index contributed by atoms with van der Waals surface area (Å²) in [4.78, 5) is 13.6. The van der Waals surface area contributed by atoms with E-state index in [1.165, 1.54) is 12.1 Å². The molecular weight excluding hydrogens is 590 g/mol. The predicted molar refractivity (Wildman–Crippen MR) is 150 cm³/mol. The molecule has 2 aliphatic rings. The van der Waals surface area contributed by atoms with Gasteiger partial charge in [-0.05, 0) is 81.1 Å². The van der Waals surface area contributed by atoms with Crippen molar-refractivity contribution in [3.8, 4) is 5.75 Å². The van der Waals surface area contributed by atoms with Gasteiger partial charge in [0.25, 0.3) is 10.0 Å². The largest absolute Gasteiger partial charge is 0.487 e. The van der Waals surface area contributed by atoms with Crippen molar-refractivity contribution >= 4 is 43.5 Å². The Labute approximate surface area is 236 Å². The second kappa shape index (κ2) is 10.6. The Morgan fingerprint density at radius 3 is 2.50 bits per heavy atom. The molecule has 1 amide bonds. The average molecular weight is 619 g/mol. The number of sulfonamides is 1. The molecule has 4 atom stereocenters. The minimum absolute atomic E-state index is 0.0226. The summed E-state index contributed by atoms with van der Waals surface area (Å²) in [5, 5.41) is 0.579. The van der Waals surface area contributed by atoms with Crippen LogP contribution < -0.4 is 9.46 Å². The second-order valence-corrected chi connectivity index (χ2v) is 13.4. The SMILES string of the molecule is CC1(C)Oc2ccc(Cl)cc2[C@H]2O[C@@H](CCc3ccccc3)[C@@H](C(=O)NS(=O)(=O)c3ccc(Br)cc3)C[C@@H]21. The van der Waals surface area contributed by atoms with E-state index in [1.54, 1.807) is 18.2 Å². The van der Waals surface area contributed by atoms with Gasteiger partial charge in [-0.3, -0.25) is 4.79 Å². The monoisotopic (exact) mass is 617 g/mol. The van der Waals surface area contributed by atoms with Crippen molar-refractivity contribution in [3.05, 3.63) is 93.4 Å². The van der Waals surface area contributed by atoms with Crippen LogP contribution in [-0.4, -0.2) is 26.0 Å². The molecule has 2 heterocycles. The number of rotatable bonds is 6. The number of carbonyl (C=O) groups excluding carboxylic acids is 1. The van der Waals surface area contributed by atoms with Crippen LogP contribution in [0, 0.1) is 11.8 Å². The Hall–Kier alpha value is -2.39. The quantitative estimate of drug-likeness (QED) is 0.342. The van der Waals surface area contributed by atoms with Crippen LogP contribution in [0.15, 0.2) is 82.2 Å². The smallest absolute Gasteiger partial charge is 0.264 e. The van der Waals surface area contributed by atoms with E-state index < -0.39 is 33.6 Å². The van der Waals surface area contributed by atoms with Gasteiger partial charge in [0.2, 0.25) is 5.91 Å². The average Bonchev–Trinajstić information content (AvgIpc) is 2.88. The first kappa shape index (κ1) is 27.2. The number of benzene rings is 3. The third kappa shape index (κ3) is 5.64. The molecule has 0 radical (unpaired) electrons. The van der Waals surface area contributed by atoms with Crippen LogP contribution >= 0.6 is 27.5 Å². The maximum atomic E-state index is 13.6. The van der Waals surface area contributed by atoms with Crippen molar-refractivity contribution in [2.45, 2.75) is 55.8 Å². The lowest BCUT2D eigenvalue weighted by atomic mass is 9.71. The van der Waals surface area contributed by atoms with E-state index >= 15 is 0 Å². The van der Waals surface area contributed by atoms with Crippen LogP contribution in [0.1, 0.15) is 43.9 Å². The topological polar surface area (TPSA) is 81.7 Å². The summed E-state index contributed by atoms with van der Waals surface area (Å²) in [7, 11) is -4.05. The van der Waals surface area contributed by atoms with Crippen LogP contribution in [0.3, 0.4) is 0 Å². The van der Waals surface area contributed by atoms with E-state index in [0.29, 0.717) is 30.0 Å². The van der Waals surface area contributed by atoms with Gasteiger partial charge in [0.05, 0.1) is 23.0 Å². The van der Waals surface area contributed by atoms with Gasteiger partial charge >= 0.3 is 0 Å². The molecule has 0 saturated carbocycles. The number of carbonyl (C=O) groups is 1. The van der Waals surface area contributed by atoms with E-state index in [9.17, 15) is 13.2 Å². The molecule has 0 aromatic heterocycles. The van der Waals surface area contributed by atoms with E-state index in [1.807, 2.05) is 56.3 Å². The molecular formula is C29H29BrClNO5S. The molecule has 0 spiro atoms. The summed E-state index contributed by atoms with van der Waals surface area (Å²) in [6.45, 7) is 3.95. The number of nitrogens with one attached hydrogen (secondary N) is 1. The summed E-state index contributed by atoms with van der Waals surface area (Å²) in [6.07, 6.45) is 0.817. The number of amides is 1. The highest BCUT2D eigenvalue weighted by Crippen LogP contribution is 2.53. The maximum Gasteiger partial charge on any atom is 0.264 e. The Balaban J connectivity index is 1.45.